The second-order valence-electron chi connectivity index (χ2n) is 6.92. The Morgan fingerprint density at radius 3 is 2.79 bits per heavy atom. The molecular formula is C21H23N3O3S. The van der Waals surface area contributed by atoms with Gasteiger partial charge >= 0.3 is 6.03 Å². The molecule has 2 amide bonds. The number of carbonyl (C=O) groups is 1. The van der Waals surface area contributed by atoms with E-state index < -0.39 is 0 Å². The van der Waals surface area contributed by atoms with Crippen molar-refractivity contribution in [1.82, 2.24) is 9.88 Å². The number of nitrogens with one attached hydrogen (secondary N) is 1. The van der Waals surface area contributed by atoms with Crippen LogP contribution in [0.1, 0.15) is 18.4 Å². The Labute approximate surface area is 168 Å². The lowest BCUT2D eigenvalue weighted by atomic mass is 10.1. The van der Waals surface area contributed by atoms with Gasteiger partial charge in [-0.05, 0) is 42.8 Å². The molecule has 1 N–H and O–H groups in total. The number of urea groups is 1. The van der Waals surface area contributed by atoms with E-state index in [0.717, 1.165) is 40.1 Å². The summed E-state index contributed by atoms with van der Waals surface area (Å²) in [5, 5.41) is 3.64. The van der Waals surface area contributed by atoms with Crippen LogP contribution in [0.25, 0.3) is 10.2 Å². The normalized spacial score (nSPS) is 14.9. The topological polar surface area (TPSA) is 63.7 Å². The van der Waals surface area contributed by atoms with Crippen molar-refractivity contribution in [1.29, 1.82) is 0 Å². The molecule has 2 heterocycles. The van der Waals surface area contributed by atoms with Crippen molar-refractivity contribution >= 4 is 33.3 Å². The molecule has 1 fully saturated rings. The molecule has 1 aliphatic heterocycles. The van der Waals surface area contributed by atoms with Gasteiger partial charge in [-0.2, -0.15) is 0 Å². The Kier molecular flexibility index (Phi) is 5.34. The van der Waals surface area contributed by atoms with Gasteiger partial charge in [0, 0.05) is 31.6 Å². The fourth-order valence-corrected chi connectivity index (χ4v) is 4.22. The maximum atomic E-state index is 12.5. The van der Waals surface area contributed by atoms with Crippen molar-refractivity contribution in [3.8, 4) is 10.9 Å². The third-order valence-corrected chi connectivity index (χ3v) is 5.75. The summed E-state index contributed by atoms with van der Waals surface area (Å²) in [7, 11) is 1.66. The lowest BCUT2D eigenvalue weighted by Crippen LogP contribution is -2.43. The number of piperidine rings is 1. The number of benzene rings is 2. The number of hydrogen-bond donors (Lipinski definition) is 1. The number of carbonyl (C=O) groups excluding carboxylic acids is 1. The number of anilines is 1. The minimum absolute atomic E-state index is 0.0591. The van der Waals surface area contributed by atoms with Crippen LogP contribution >= 0.6 is 11.3 Å². The number of aryl methyl sites for hydroxylation is 1. The van der Waals surface area contributed by atoms with E-state index in [0.29, 0.717) is 18.3 Å². The van der Waals surface area contributed by atoms with E-state index in [1.807, 2.05) is 54.3 Å². The minimum atomic E-state index is -0.0591. The molecule has 4 rings (SSSR count). The average molecular weight is 398 g/mol. The SMILES string of the molecule is COc1ccc2nc(OC3CCN(C(=O)Nc4cccc(C)c4)CC3)sc2c1. The quantitative estimate of drug-likeness (QED) is 0.694. The van der Waals surface area contributed by atoms with Gasteiger partial charge in [0.25, 0.3) is 5.19 Å². The van der Waals surface area contributed by atoms with Gasteiger partial charge in [-0.1, -0.05) is 23.5 Å². The number of methoxy groups -OCH3 is 1. The van der Waals surface area contributed by atoms with Crippen LogP contribution in [0, 0.1) is 6.92 Å². The summed E-state index contributed by atoms with van der Waals surface area (Å²) < 4.78 is 12.4. The van der Waals surface area contributed by atoms with E-state index in [-0.39, 0.29) is 12.1 Å². The fraction of sp³-hybridized carbons (Fsp3) is 0.333. The van der Waals surface area contributed by atoms with Crippen LogP contribution in [0.3, 0.4) is 0 Å². The first-order valence-corrected chi connectivity index (χ1v) is 10.2. The molecule has 6 nitrogen and oxygen atoms in total. The third kappa shape index (κ3) is 4.20. The van der Waals surface area contributed by atoms with Crippen LogP contribution in [0.15, 0.2) is 42.5 Å². The molecular weight excluding hydrogens is 374 g/mol. The molecule has 1 aromatic heterocycles. The van der Waals surface area contributed by atoms with Crippen molar-refractivity contribution in [2.75, 3.05) is 25.5 Å². The zero-order valence-corrected chi connectivity index (χ0v) is 16.8. The summed E-state index contributed by atoms with van der Waals surface area (Å²) in [6.45, 7) is 3.35. The number of fused-ring (bicyclic) bond motifs is 1. The summed E-state index contributed by atoms with van der Waals surface area (Å²) in [6.07, 6.45) is 1.66. The molecule has 0 aliphatic carbocycles. The summed E-state index contributed by atoms with van der Waals surface area (Å²) in [5.74, 6) is 0.815. The summed E-state index contributed by atoms with van der Waals surface area (Å²) in [6, 6.07) is 13.6. The minimum Gasteiger partial charge on any atom is -0.497 e. The van der Waals surface area contributed by atoms with E-state index >= 15 is 0 Å². The monoisotopic (exact) mass is 397 g/mol. The van der Waals surface area contributed by atoms with Crippen molar-refractivity contribution in [3.05, 3.63) is 48.0 Å². The molecule has 3 aromatic rings. The zero-order chi connectivity index (χ0) is 19.5. The van der Waals surface area contributed by atoms with Crippen molar-refractivity contribution in [3.63, 3.8) is 0 Å². The van der Waals surface area contributed by atoms with Crippen LogP contribution in [-0.4, -0.2) is 42.2 Å². The van der Waals surface area contributed by atoms with Crippen molar-refractivity contribution in [2.45, 2.75) is 25.9 Å². The molecule has 0 unspecified atom stereocenters. The molecule has 2 aromatic carbocycles. The second-order valence-corrected chi connectivity index (χ2v) is 7.91. The van der Waals surface area contributed by atoms with Gasteiger partial charge in [-0.25, -0.2) is 9.78 Å². The molecule has 0 saturated carbocycles. The Morgan fingerprint density at radius 1 is 1.21 bits per heavy atom. The highest BCUT2D eigenvalue weighted by Crippen LogP contribution is 2.32. The largest absolute Gasteiger partial charge is 0.497 e. The molecule has 0 radical (unpaired) electrons. The first-order chi connectivity index (χ1) is 13.6. The molecule has 0 spiro atoms. The molecule has 0 bridgehead atoms. The Morgan fingerprint density at radius 2 is 2.04 bits per heavy atom. The van der Waals surface area contributed by atoms with Gasteiger partial charge in [0.15, 0.2) is 0 Å². The smallest absolute Gasteiger partial charge is 0.321 e. The number of likely N-dealkylation sites (tertiary alicyclic amines) is 1. The Hall–Kier alpha value is -2.80. The highest BCUT2D eigenvalue weighted by atomic mass is 32.1. The molecule has 7 heteroatoms. The number of ether oxygens (including phenoxy) is 2. The van der Waals surface area contributed by atoms with Crippen LogP contribution in [-0.2, 0) is 0 Å². The summed E-state index contributed by atoms with van der Waals surface area (Å²) >= 11 is 1.52. The van der Waals surface area contributed by atoms with E-state index in [1.54, 1.807) is 7.11 Å². The first kappa shape index (κ1) is 18.6. The number of thiazole rings is 1. The number of nitrogens with zero attached hydrogens (tertiary/aromatic N) is 2. The van der Waals surface area contributed by atoms with Gasteiger partial charge in [-0.3, -0.25) is 0 Å². The standard InChI is InChI=1S/C21H23N3O3S/c1-14-4-3-5-15(12-14)22-20(25)24-10-8-16(9-11-24)27-21-23-18-7-6-17(26-2)13-19(18)28-21/h3-7,12-13,16H,8-11H2,1-2H3,(H,22,25). The van der Waals surface area contributed by atoms with E-state index in [2.05, 4.69) is 10.3 Å². The van der Waals surface area contributed by atoms with Gasteiger partial charge in [-0.15, -0.1) is 0 Å². The maximum absolute atomic E-state index is 12.5. The molecule has 28 heavy (non-hydrogen) atoms. The summed E-state index contributed by atoms with van der Waals surface area (Å²) in [4.78, 5) is 18.9. The van der Waals surface area contributed by atoms with Gasteiger partial charge in [0.1, 0.15) is 11.9 Å². The highest BCUT2D eigenvalue weighted by molar-refractivity contribution is 7.20. The maximum Gasteiger partial charge on any atom is 0.321 e. The molecule has 146 valence electrons. The zero-order valence-electron chi connectivity index (χ0n) is 16.0. The predicted molar refractivity (Wildman–Crippen MR) is 112 cm³/mol. The lowest BCUT2D eigenvalue weighted by Gasteiger charge is -2.31. The highest BCUT2D eigenvalue weighted by Gasteiger charge is 2.25. The van der Waals surface area contributed by atoms with Crippen molar-refractivity contribution in [2.24, 2.45) is 0 Å². The van der Waals surface area contributed by atoms with Crippen molar-refractivity contribution < 1.29 is 14.3 Å². The van der Waals surface area contributed by atoms with E-state index in [4.69, 9.17) is 9.47 Å². The van der Waals surface area contributed by atoms with Gasteiger partial charge < -0.3 is 19.7 Å². The van der Waals surface area contributed by atoms with E-state index in [1.165, 1.54) is 11.3 Å². The fourth-order valence-electron chi connectivity index (χ4n) is 3.31. The average Bonchev–Trinajstić information content (AvgIpc) is 3.09. The van der Waals surface area contributed by atoms with Crippen LogP contribution < -0.4 is 14.8 Å². The molecule has 1 saturated heterocycles. The van der Waals surface area contributed by atoms with Gasteiger partial charge in [0.2, 0.25) is 0 Å². The number of hydrogen-bond acceptors (Lipinski definition) is 5. The predicted octanol–water partition coefficient (Wildman–Crippen LogP) is 4.69. The number of aromatic nitrogens is 1. The summed E-state index contributed by atoms with van der Waals surface area (Å²) in [5.41, 5.74) is 2.86. The van der Waals surface area contributed by atoms with E-state index in [9.17, 15) is 4.79 Å². The van der Waals surface area contributed by atoms with Crippen LogP contribution in [0.5, 0.6) is 10.9 Å². The van der Waals surface area contributed by atoms with Gasteiger partial charge in [0.05, 0.1) is 17.3 Å². The second kappa shape index (κ2) is 8.06. The van der Waals surface area contributed by atoms with Crippen LogP contribution in [0.4, 0.5) is 10.5 Å². The first-order valence-electron chi connectivity index (χ1n) is 9.34. The third-order valence-electron chi connectivity index (χ3n) is 4.84. The number of amides is 2. The van der Waals surface area contributed by atoms with Crippen LogP contribution in [0.2, 0.25) is 0 Å². The molecule has 1 aliphatic rings. The number of rotatable bonds is 4. The Bertz CT molecular complexity index is 980. The Balaban J connectivity index is 1.32. The molecule has 0 atom stereocenters. The lowest BCUT2D eigenvalue weighted by molar-refractivity contribution is 0.115.